The molecule has 3 rings (SSSR count). The Balaban J connectivity index is 1.77. The average molecular weight is 341 g/mol. The number of nitrogen functional groups attached to an aromatic ring is 1. The Morgan fingerprint density at radius 3 is 3.00 bits per heavy atom. The van der Waals surface area contributed by atoms with E-state index in [2.05, 4.69) is 26.1 Å². The van der Waals surface area contributed by atoms with Crippen LogP contribution in [0.25, 0.3) is 0 Å². The number of rotatable bonds is 4. The molecule has 0 amide bonds. The van der Waals surface area contributed by atoms with Crippen LogP contribution in [0.4, 0.5) is 5.69 Å². The summed E-state index contributed by atoms with van der Waals surface area (Å²) in [5, 5.41) is 7.34. The van der Waals surface area contributed by atoms with Gasteiger partial charge in [0.25, 0.3) is 0 Å². The molecule has 5 nitrogen and oxygen atoms in total. The molecule has 0 atom stereocenters. The Morgan fingerprint density at radius 1 is 1.53 bits per heavy atom. The van der Waals surface area contributed by atoms with Gasteiger partial charge in [-0.3, -0.25) is 4.57 Å². The van der Waals surface area contributed by atoms with E-state index in [0.717, 1.165) is 33.7 Å². The molecule has 7 heteroatoms. The molecule has 100 valence electrons. The third-order valence-corrected chi connectivity index (χ3v) is 4.54. The lowest BCUT2D eigenvalue weighted by Crippen LogP contribution is -2.16. The van der Waals surface area contributed by atoms with Gasteiger partial charge in [0.15, 0.2) is 5.16 Å². The molecule has 0 bridgehead atoms. The van der Waals surface area contributed by atoms with Gasteiger partial charge >= 0.3 is 5.69 Å². The topological polar surface area (TPSA) is 76.7 Å². The van der Waals surface area contributed by atoms with E-state index in [1.165, 1.54) is 11.8 Å². The lowest BCUT2D eigenvalue weighted by atomic mass is 10.2. The number of hydrogen-bond acceptors (Lipinski definition) is 4. The third kappa shape index (κ3) is 2.71. The minimum atomic E-state index is -0.117. The largest absolute Gasteiger partial charge is 0.398 e. The zero-order valence-electron chi connectivity index (χ0n) is 10.1. The van der Waals surface area contributed by atoms with Gasteiger partial charge in [0.05, 0.1) is 0 Å². The molecule has 1 saturated carbocycles. The van der Waals surface area contributed by atoms with Crippen LogP contribution in [0.5, 0.6) is 0 Å². The highest BCUT2D eigenvalue weighted by Crippen LogP contribution is 2.36. The Bertz CT molecular complexity index is 662. The fraction of sp³-hybridized carbons (Fsp3) is 0.333. The van der Waals surface area contributed by atoms with E-state index < -0.39 is 0 Å². The first kappa shape index (κ1) is 12.8. The lowest BCUT2D eigenvalue weighted by Gasteiger charge is -2.06. The number of hydrogen-bond donors (Lipinski definition) is 2. The highest BCUT2D eigenvalue weighted by Gasteiger charge is 2.28. The summed E-state index contributed by atoms with van der Waals surface area (Å²) >= 11 is 4.92. The molecule has 0 aliphatic heterocycles. The Kier molecular flexibility index (Phi) is 3.40. The van der Waals surface area contributed by atoms with Crippen molar-refractivity contribution in [1.29, 1.82) is 0 Å². The number of nitrogens with zero attached hydrogens (tertiary/aromatic N) is 2. The molecule has 1 fully saturated rings. The van der Waals surface area contributed by atoms with Gasteiger partial charge < -0.3 is 5.73 Å². The van der Waals surface area contributed by atoms with Crippen molar-refractivity contribution in [2.24, 2.45) is 0 Å². The Morgan fingerprint density at radius 2 is 2.32 bits per heavy atom. The molecule has 0 spiro atoms. The standard InChI is InChI=1S/C12H13BrN4OS/c13-8-2-1-7(10(14)5-8)6-19-12-16-15-11(18)17(12)9-3-4-9/h1-2,5,9H,3-4,6,14H2,(H,15,18). The van der Waals surface area contributed by atoms with Crippen LogP contribution in [0.1, 0.15) is 24.4 Å². The normalized spacial score (nSPS) is 14.8. The summed E-state index contributed by atoms with van der Waals surface area (Å²) in [5.41, 5.74) is 7.64. The molecule has 19 heavy (non-hydrogen) atoms. The molecule has 0 radical (unpaired) electrons. The van der Waals surface area contributed by atoms with Crippen molar-refractivity contribution in [3.05, 3.63) is 38.7 Å². The average Bonchev–Trinajstić information content (AvgIpc) is 3.13. The van der Waals surface area contributed by atoms with Gasteiger partial charge in [-0.05, 0) is 30.5 Å². The van der Waals surface area contributed by atoms with Gasteiger partial charge in [-0.1, -0.05) is 33.8 Å². The number of aromatic nitrogens is 3. The molecule has 0 saturated heterocycles. The van der Waals surface area contributed by atoms with Crippen LogP contribution < -0.4 is 11.4 Å². The predicted octanol–water partition coefficient (Wildman–Crippen LogP) is 2.54. The van der Waals surface area contributed by atoms with Crippen LogP contribution in [-0.2, 0) is 5.75 Å². The number of H-pyrrole nitrogens is 1. The van der Waals surface area contributed by atoms with Crippen molar-refractivity contribution in [1.82, 2.24) is 14.8 Å². The highest BCUT2D eigenvalue weighted by atomic mass is 79.9. The number of nitrogens with two attached hydrogens (primary N) is 1. The Hall–Kier alpha value is -1.21. The summed E-state index contributed by atoms with van der Waals surface area (Å²) < 4.78 is 2.72. The number of halogens is 1. The first-order valence-corrected chi connectivity index (χ1v) is 7.76. The van der Waals surface area contributed by atoms with E-state index in [9.17, 15) is 4.79 Å². The number of anilines is 1. The van der Waals surface area contributed by atoms with Gasteiger partial charge in [0, 0.05) is 22.0 Å². The quantitative estimate of drug-likeness (QED) is 0.662. The number of thioether (sulfide) groups is 1. The molecular formula is C12H13BrN4OS. The molecule has 1 aromatic heterocycles. The molecule has 3 N–H and O–H groups in total. The van der Waals surface area contributed by atoms with Crippen molar-refractivity contribution in [2.45, 2.75) is 29.8 Å². The maximum atomic E-state index is 11.6. The maximum absolute atomic E-state index is 11.6. The van der Waals surface area contributed by atoms with Gasteiger partial charge in [-0.25, -0.2) is 9.89 Å². The van der Waals surface area contributed by atoms with Crippen molar-refractivity contribution >= 4 is 33.4 Å². The van der Waals surface area contributed by atoms with Gasteiger partial charge in [-0.2, -0.15) is 0 Å². The monoisotopic (exact) mass is 340 g/mol. The van der Waals surface area contributed by atoms with Crippen molar-refractivity contribution in [2.75, 3.05) is 5.73 Å². The SMILES string of the molecule is Nc1cc(Br)ccc1CSc1n[nH]c(=O)n1C1CC1. The molecule has 1 aliphatic rings. The van der Waals surface area contributed by atoms with E-state index >= 15 is 0 Å². The van der Waals surface area contributed by atoms with E-state index in [0.29, 0.717) is 11.8 Å². The van der Waals surface area contributed by atoms with E-state index in [1.54, 1.807) is 4.57 Å². The Labute approximate surface area is 122 Å². The number of benzene rings is 1. The smallest absolute Gasteiger partial charge is 0.344 e. The summed E-state index contributed by atoms with van der Waals surface area (Å²) in [6, 6.07) is 6.16. The fourth-order valence-corrected chi connectivity index (χ4v) is 3.29. The lowest BCUT2D eigenvalue weighted by molar-refractivity contribution is 0.642. The summed E-state index contributed by atoms with van der Waals surface area (Å²) in [7, 11) is 0. The number of aromatic amines is 1. The first-order valence-electron chi connectivity index (χ1n) is 5.99. The van der Waals surface area contributed by atoms with E-state index in [1.807, 2.05) is 18.2 Å². The summed E-state index contributed by atoms with van der Waals surface area (Å²) in [6.45, 7) is 0. The minimum absolute atomic E-state index is 0.117. The third-order valence-electron chi connectivity index (χ3n) is 3.05. The van der Waals surface area contributed by atoms with Crippen LogP contribution in [0.2, 0.25) is 0 Å². The van der Waals surface area contributed by atoms with Crippen molar-refractivity contribution in [3.8, 4) is 0 Å². The van der Waals surface area contributed by atoms with Crippen LogP contribution in [-0.4, -0.2) is 14.8 Å². The highest BCUT2D eigenvalue weighted by molar-refractivity contribution is 9.10. The van der Waals surface area contributed by atoms with E-state index in [-0.39, 0.29) is 5.69 Å². The summed E-state index contributed by atoms with van der Waals surface area (Å²) in [6.07, 6.45) is 2.13. The minimum Gasteiger partial charge on any atom is -0.398 e. The molecule has 1 heterocycles. The van der Waals surface area contributed by atoms with Crippen LogP contribution in [0.3, 0.4) is 0 Å². The van der Waals surface area contributed by atoms with Gasteiger partial charge in [0.1, 0.15) is 0 Å². The number of nitrogens with one attached hydrogen (secondary N) is 1. The van der Waals surface area contributed by atoms with Crippen LogP contribution >= 0.6 is 27.7 Å². The van der Waals surface area contributed by atoms with Crippen molar-refractivity contribution in [3.63, 3.8) is 0 Å². The molecule has 1 aliphatic carbocycles. The van der Waals surface area contributed by atoms with Crippen LogP contribution in [0, 0.1) is 0 Å². The predicted molar refractivity (Wildman–Crippen MR) is 79.2 cm³/mol. The molecule has 0 unspecified atom stereocenters. The molecule has 1 aromatic carbocycles. The van der Waals surface area contributed by atoms with Crippen molar-refractivity contribution < 1.29 is 0 Å². The van der Waals surface area contributed by atoms with Gasteiger partial charge in [0.2, 0.25) is 0 Å². The second kappa shape index (κ2) is 5.05. The first-order chi connectivity index (χ1) is 9.15. The zero-order valence-corrected chi connectivity index (χ0v) is 12.5. The molecular weight excluding hydrogens is 328 g/mol. The summed E-state index contributed by atoms with van der Waals surface area (Å²) in [5.74, 6) is 0.704. The van der Waals surface area contributed by atoms with Crippen LogP contribution in [0.15, 0.2) is 32.6 Å². The second-order valence-corrected chi connectivity index (χ2v) is 6.40. The second-order valence-electron chi connectivity index (χ2n) is 4.54. The maximum Gasteiger partial charge on any atom is 0.344 e. The summed E-state index contributed by atoms with van der Waals surface area (Å²) in [4.78, 5) is 11.6. The molecule has 2 aromatic rings. The fourth-order valence-electron chi connectivity index (χ4n) is 1.89. The van der Waals surface area contributed by atoms with E-state index in [4.69, 9.17) is 5.73 Å². The van der Waals surface area contributed by atoms with Gasteiger partial charge in [-0.15, -0.1) is 5.10 Å². The zero-order chi connectivity index (χ0) is 13.4.